The van der Waals surface area contributed by atoms with Gasteiger partial charge in [0, 0.05) is 5.69 Å². The molecule has 1 N–H and O–H groups in total. The van der Waals surface area contributed by atoms with Crippen LogP contribution in [0.2, 0.25) is 0 Å². The van der Waals surface area contributed by atoms with Crippen molar-refractivity contribution in [1.82, 2.24) is 0 Å². The van der Waals surface area contributed by atoms with Crippen LogP contribution in [0.5, 0.6) is 0 Å². The van der Waals surface area contributed by atoms with Crippen molar-refractivity contribution in [2.45, 2.75) is 32.1 Å². The summed E-state index contributed by atoms with van der Waals surface area (Å²) in [6.07, 6.45) is 3.20. The lowest BCUT2D eigenvalue weighted by molar-refractivity contribution is -0.115. The van der Waals surface area contributed by atoms with E-state index in [1.165, 1.54) is 29.5 Å². The van der Waals surface area contributed by atoms with Crippen molar-refractivity contribution in [3.63, 3.8) is 0 Å². The van der Waals surface area contributed by atoms with Gasteiger partial charge in [-0.25, -0.2) is 0 Å². The fourth-order valence-corrected chi connectivity index (χ4v) is 2.22. The molecule has 1 amide bonds. The highest BCUT2D eigenvalue weighted by Gasteiger charge is 2.27. The summed E-state index contributed by atoms with van der Waals surface area (Å²) in [7, 11) is 0. The zero-order valence-electron chi connectivity index (χ0n) is 8.26. The molecule has 14 heavy (non-hydrogen) atoms. The number of anilines is 1. The molecule has 1 aliphatic heterocycles. The van der Waals surface area contributed by atoms with Crippen molar-refractivity contribution in [3.8, 4) is 0 Å². The average molecular weight is 187 g/mol. The van der Waals surface area contributed by atoms with Crippen LogP contribution in [0.25, 0.3) is 0 Å². The van der Waals surface area contributed by atoms with Crippen LogP contribution in [0, 0.1) is 6.92 Å². The highest BCUT2D eigenvalue weighted by atomic mass is 16.1. The molecule has 0 bridgehead atoms. The van der Waals surface area contributed by atoms with E-state index in [-0.39, 0.29) is 5.91 Å². The molecule has 72 valence electrons. The molecule has 2 nitrogen and oxygen atoms in total. The van der Waals surface area contributed by atoms with Gasteiger partial charge in [0.1, 0.15) is 0 Å². The highest BCUT2D eigenvalue weighted by Crippen LogP contribution is 2.42. The van der Waals surface area contributed by atoms with Crippen LogP contribution in [0.15, 0.2) is 12.1 Å². The predicted octanol–water partition coefficient (Wildman–Crippen LogP) is 2.37. The summed E-state index contributed by atoms with van der Waals surface area (Å²) in [6, 6.07) is 4.43. The first kappa shape index (κ1) is 8.04. The molecule has 1 aliphatic carbocycles. The number of hydrogen-bond acceptors (Lipinski definition) is 1. The van der Waals surface area contributed by atoms with E-state index in [1.54, 1.807) is 0 Å². The first-order valence-electron chi connectivity index (χ1n) is 5.17. The molecular formula is C12H13NO. The maximum absolute atomic E-state index is 11.2. The van der Waals surface area contributed by atoms with Crippen molar-refractivity contribution < 1.29 is 4.79 Å². The van der Waals surface area contributed by atoms with Crippen LogP contribution < -0.4 is 5.32 Å². The zero-order chi connectivity index (χ0) is 9.71. The van der Waals surface area contributed by atoms with Crippen molar-refractivity contribution >= 4 is 11.6 Å². The Bertz CT molecular complexity index is 419. The lowest BCUT2D eigenvalue weighted by Gasteiger charge is -2.06. The van der Waals surface area contributed by atoms with Gasteiger partial charge in [0.25, 0.3) is 0 Å². The Morgan fingerprint density at radius 1 is 1.36 bits per heavy atom. The first-order chi connectivity index (χ1) is 6.74. The molecule has 0 atom stereocenters. The van der Waals surface area contributed by atoms with Gasteiger partial charge in [0.05, 0.1) is 6.42 Å². The normalized spacial score (nSPS) is 19.4. The van der Waals surface area contributed by atoms with Gasteiger partial charge in [-0.2, -0.15) is 0 Å². The van der Waals surface area contributed by atoms with Gasteiger partial charge in [0.15, 0.2) is 0 Å². The fraction of sp³-hybridized carbons (Fsp3) is 0.417. The van der Waals surface area contributed by atoms with Gasteiger partial charge in [-0.05, 0) is 42.4 Å². The van der Waals surface area contributed by atoms with E-state index in [9.17, 15) is 4.79 Å². The summed E-state index contributed by atoms with van der Waals surface area (Å²) < 4.78 is 0. The van der Waals surface area contributed by atoms with Crippen LogP contribution in [0.4, 0.5) is 5.69 Å². The van der Waals surface area contributed by atoms with Crippen LogP contribution >= 0.6 is 0 Å². The summed E-state index contributed by atoms with van der Waals surface area (Å²) >= 11 is 0. The van der Waals surface area contributed by atoms with E-state index in [4.69, 9.17) is 0 Å². The minimum Gasteiger partial charge on any atom is -0.325 e. The molecule has 0 aromatic heterocycles. The van der Waals surface area contributed by atoms with Gasteiger partial charge in [-0.1, -0.05) is 12.1 Å². The zero-order valence-corrected chi connectivity index (χ0v) is 8.26. The Hall–Kier alpha value is -1.31. The van der Waals surface area contributed by atoms with Gasteiger partial charge in [-0.15, -0.1) is 0 Å². The minimum absolute atomic E-state index is 0.135. The number of amides is 1. The molecule has 0 radical (unpaired) electrons. The van der Waals surface area contributed by atoms with Crippen molar-refractivity contribution in [3.05, 3.63) is 28.8 Å². The van der Waals surface area contributed by atoms with Gasteiger partial charge in [-0.3, -0.25) is 4.79 Å². The number of carbonyl (C=O) groups is 1. The molecule has 1 saturated carbocycles. The SMILES string of the molecule is Cc1cc(C2CC2)cc2c1NC(=O)C2. The molecule has 0 saturated heterocycles. The quantitative estimate of drug-likeness (QED) is 0.718. The Morgan fingerprint density at radius 2 is 2.14 bits per heavy atom. The topological polar surface area (TPSA) is 29.1 Å². The lowest BCUT2D eigenvalue weighted by atomic mass is 10.0. The third-order valence-corrected chi connectivity index (χ3v) is 3.10. The summed E-state index contributed by atoms with van der Waals surface area (Å²) in [6.45, 7) is 2.08. The number of benzene rings is 1. The number of hydrogen-bond donors (Lipinski definition) is 1. The molecule has 1 fully saturated rings. The second-order valence-electron chi connectivity index (χ2n) is 4.37. The van der Waals surface area contributed by atoms with Crippen LogP contribution in [0.3, 0.4) is 0 Å². The molecule has 0 spiro atoms. The van der Waals surface area contributed by atoms with Gasteiger partial charge < -0.3 is 5.32 Å². The highest BCUT2D eigenvalue weighted by molar-refractivity contribution is 6.00. The van der Waals surface area contributed by atoms with E-state index in [1.807, 2.05) is 0 Å². The number of fused-ring (bicyclic) bond motifs is 1. The summed E-state index contributed by atoms with van der Waals surface area (Å²) in [4.78, 5) is 11.2. The maximum Gasteiger partial charge on any atom is 0.228 e. The van der Waals surface area contributed by atoms with E-state index in [0.29, 0.717) is 6.42 Å². The molecule has 2 aliphatic rings. The van der Waals surface area contributed by atoms with Crippen LogP contribution in [-0.2, 0) is 11.2 Å². The monoisotopic (exact) mass is 187 g/mol. The lowest BCUT2D eigenvalue weighted by Crippen LogP contribution is -2.04. The smallest absolute Gasteiger partial charge is 0.228 e. The van der Waals surface area contributed by atoms with Crippen LogP contribution in [-0.4, -0.2) is 5.91 Å². The number of aryl methyl sites for hydroxylation is 1. The third kappa shape index (κ3) is 1.14. The summed E-state index contributed by atoms with van der Waals surface area (Å²) in [5, 5.41) is 2.91. The van der Waals surface area contributed by atoms with Crippen molar-refractivity contribution in [2.75, 3.05) is 5.32 Å². The van der Waals surface area contributed by atoms with Crippen molar-refractivity contribution in [2.24, 2.45) is 0 Å². The van der Waals surface area contributed by atoms with Crippen molar-refractivity contribution in [1.29, 1.82) is 0 Å². The number of carbonyl (C=O) groups excluding carboxylic acids is 1. The second kappa shape index (κ2) is 2.59. The predicted molar refractivity (Wildman–Crippen MR) is 55.5 cm³/mol. The van der Waals surface area contributed by atoms with Gasteiger partial charge in [0.2, 0.25) is 5.91 Å². The Kier molecular flexibility index (Phi) is 1.49. The maximum atomic E-state index is 11.2. The Labute approximate surface area is 83.3 Å². The molecule has 1 aromatic rings. The molecular weight excluding hydrogens is 174 g/mol. The van der Waals surface area contributed by atoms with Gasteiger partial charge >= 0.3 is 0 Å². The third-order valence-electron chi connectivity index (χ3n) is 3.10. The number of nitrogens with one attached hydrogen (secondary N) is 1. The van der Waals surface area contributed by atoms with E-state index >= 15 is 0 Å². The largest absolute Gasteiger partial charge is 0.325 e. The standard InChI is InChI=1S/C12H13NO/c1-7-4-9(8-2-3-8)5-10-6-11(14)13-12(7)10/h4-5,8H,2-3,6H2,1H3,(H,13,14). The molecule has 0 unspecified atom stereocenters. The summed E-state index contributed by atoms with van der Waals surface area (Å²) in [5.74, 6) is 0.908. The average Bonchev–Trinajstić information content (AvgIpc) is 2.89. The minimum atomic E-state index is 0.135. The van der Waals surface area contributed by atoms with Crippen LogP contribution in [0.1, 0.15) is 35.4 Å². The van der Waals surface area contributed by atoms with E-state index in [0.717, 1.165) is 11.6 Å². The molecule has 2 heteroatoms. The fourth-order valence-electron chi connectivity index (χ4n) is 2.22. The molecule has 1 aromatic carbocycles. The molecule has 1 heterocycles. The second-order valence-corrected chi connectivity index (χ2v) is 4.37. The van der Waals surface area contributed by atoms with E-state index < -0.39 is 0 Å². The summed E-state index contributed by atoms with van der Waals surface area (Å²) in [5.41, 5.74) is 4.89. The Morgan fingerprint density at radius 3 is 2.86 bits per heavy atom. The number of rotatable bonds is 1. The Balaban J connectivity index is 2.10. The van der Waals surface area contributed by atoms with E-state index in [2.05, 4.69) is 24.4 Å². The molecule has 3 rings (SSSR count). The first-order valence-corrected chi connectivity index (χ1v) is 5.17.